The Hall–Kier alpha value is -1.09. The van der Waals surface area contributed by atoms with E-state index in [9.17, 15) is 0 Å². The van der Waals surface area contributed by atoms with Gasteiger partial charge in [0.25, 0.3) is 0 Å². The van der Waals surface area contributed by atoms with E-state index in [0.717, 1.165) is 12.2 Å². The van der Waals surface area contributed by atoms with Crippen molar-refractivity contribution in [3.05, 3.63) is 24.5 Å². The molecule has 3 nitrogen and oxygen atoms in total. The molecular formula is C14H20N2O. The van der Waals surface area contributed by atoms with Gasteiger partial charge in [-0.1, -0.05) is 12.8 Å². The summed E-state index contributed by atoms with van der Waals surface area (Å²) in [5, 5.41) is 3.45. The largest absolute Gasteiger partial charge is 0.488 e. The number of nitrogens with one attached hydrogen (secondary N) is 1. The van der Waals surface area contributed by atoms with E-state index in [-0.39, 0.29) is 0 Å². The highest BCUT2D eigenvalue weighted by Crippen LogP contribution is 2.54. The van der Waals surface area contributed by atoms with Crippen LogP contribution in [0.25, 0.3) is 0 Å². The Bertz CT molecular complexity index is 373. The maximum Gasteiger partial charge on any atom is 0.138 e. The summed E-state index contributed by atoms with van der Waals surface area (Å²) in [7, 11) is 2.07. The van der Waals surface area contributed by atoms with Crippen molar-refractivity contribution in [1.82, 2.24) is 10.3 Å². The molecular weight excluding hydrogens is 212 g/mol. The van der Waals surface area contributed by atoms with Crippen LogP contribution in [-0.4, -0.2) is 24.2 Å². The molecule has 0 bridgehead atoms. The zero-order chi connectivity index (χ0) is 11.7. The van der Waals surface area contributed by atoms with Crippen LogP contribution in [-0.2, 0) is 0 Å². The lowest BCUT2D eigenvalue weighted by Gasteiger charge is -2.53. The van der Waals surface area contributed by atoms with E-state index >= 15 is 0 Å². The minimum Gasteiger partial charge on any atom is -0.488 e. The normalized spacial score (nSPS) is 30.2. The SMILES string of the molecule is CNC1CC(Oc2cccnc2)C12CCCC2. The fourth-order valence-electron chi connectivity index (χ4n) is 3.60. The van der Waals surface area contributed by atoms with Crippen molar-refractivity contribution in [2.45, 2.75) is 44.2 Å². The molecule has 2 unspecified atom stereocenters. The molecule has 0 aromatic carbocycles. The molecule has 2 fully saturated rings. The Kier molecular flexibility index (Phi) is 2.79. The number of pyridine rings is 1. The van der Waals surface area contributed by atoms with Crippen molar-refractivity contribution in [3.63, 3.8) is 0 Å². The molecule has 0 aliphatic heterocycles. The molecule has 0 radical (unpaired) electrons. The van der Waals surface area contributed by atoms with Crippen LogP contribution in [0.3, 0.4) is 0 Å². The second kappa shape index (κ2) is 4.30. The molecule has 2 aliphatic carbocycles. The summed E-state index contributed by atoms with van der Waals surface area (Å²) in [6.45, 7) is 0. The molecule has 0 amide bonds. The van der Waals surface area contributed by atoms with Gasteiger partial charge >= 0.3 is 0 Å². The summed E-state index contributed by atoms with van der Waals surface area (Å²) in [6.07, 6.45) is 10.4. The topological polar surface area (TPSA) is 34.1 Å². The predicted octanol–water partition coefficient (Wildman–Crippen LogP) is 2.38. The Labute approximate surface area is 103 Å². The molecule has 3 rings (SSSR count). The van der Waals surface area contributed by atoms with Crippen LogP contribution in [0.2, 0.25) is 0 Å². The van der Waals surface area contributed by atoms with Gasteiger partial charge in [-0.3, -0.25) is 4.98 Å². The van der Waals surface area contributed by atoms with Crippen molar-refractivity contribution in [2.24, 2.45) is 5.41 Å². The predicted molar refractivity (Wildman–Crippen MR) is 67.0 cm³/mol. The maximum absolute atomic E-state index is 6.12. The van der Waals surface area contributed by atoms with E-state index in [0.29, 0.717) is 17.6 Å². The molecule has 3 heteroatoms. The first-order chi connectivity index (χ1) is 8.35. The van der Waals surface area contributed by atoms with Gasteiger partial charge in [-0.25, -0.2) is 0 Å². The van der Waals surface area contributed by atoms with Crippen molar-refractivity contribution < 1.29 is 4.74 Å². The minimum atomic E-state index is 0.381. The van der Waals surface area contributed by atoms with Gasteiger partial charge in [0.05, 0.1) is 6.20 Å². The molecule has 1 aromatic rings. The van der Waals surface area contributed by atoms with Crippen LogP contribution < -0.4 is 10.1 Å². The zero-order valence-electron chi connectivity index (χ0n) is 10.4. The Balaban J connectivity index is 1.72. The van der Waals surface area contributed by atoms with E-state index in [1.54, 1.807) is 6.20 Å². The molecule has 1 N–H and O–H groups in total. The Morgan fingerprint density at radius 2 is 2.24 bits per heavy atom. The summed E-state index contributed by atoms with van der Waals surface area (Å²) in [4.78, 5) is 4.11. The van der Waals surface area contributed by atoms with E-state index in [4.69, 9.17) is 4.74 Å². The first-order valence-electron chi connectivity index (χ1n) is 6.59. The summed E-state index contributed by atoms with van der Waals surface area (Å²) in [5.41, 5.74) is 0.393. The summed E-state index contributed by atoms with van der Waals surface area (Å²) in [6, 6.07) is 4.58. The lowest BCUT2D eigenvalue weighted by Crippen LogP contribution is -2.63. The van der Waals surface area contributed by atoms with Gasteiger partial charge in [-0.05, 0) is 32.0 Å². The molecule has 17 heavy (non-hydrogen) atoms. The average molecular weight is 232 g/mol. The Morgan fingerprint density at radius 1 is 1.41 bits per heavy atom. The van der Waals surface area contributed by atoms with Crippen LogP contribution in [0, 0.1) is 5.41 Å². The second-order valence-corrected chi connectivity index (χ2v) is 5.31. The van der Waals surface area contributed by atoms with Gasteiger partial charge in [0.1, 0.15) is 11.9 Å². The van der Waals surface area contributed by atoms with Crippen LogP contribution in [0.4, 0.5) is 0 Å². The fourth-order valence-corrected chi connectivity index (χ4v) is 3.60. The maximum atomic E-state index is 6.12. The smallest absolute Gasteiger partial charge is 0.138 e. The number of rotatable bonds is 3. The molecule has 1 spiro atoms. The lowest BCUT2D eigenvalue weighted by molar-refractivity contribution is -0.0737. The lowest BCUT2D eigenvalue weighted by atomic mass is 9.60. The van der Waals surface area contributed by atoms with Gasteiger partial charge < -0.3 is 10.1 Å². The number of hydrogen-bond acceptors (Lipinski definition) is 3. The van der Waals surface area contributed by atoms with Crippen LogP contribution in [0.5, 0.6) is 5.75 Å². The van der Waals surface area contributed by atoms with Crippen molar-refractivity contribution in [3.8, 4) is 5.75 Å². The summed E-state index contributed by atoms with van der Waals surface area (Å²) in [5.74, 6) is 0.915. The fraction of sp³-hybridized carbons (Fsp3) is 0.643. The molecule has 92 valence electrons. The first-order valence-corrected chi connectivity index (χ1v) is 6.59. The first kappa shape index (κ1) is 11.0. The van der Waals surface area contributed by atoms with E-state index in [2.05, 4.69) is 17.3 Å². The van der Waals surface area contributed by atoms with Crippen molar-refractivity contribution in [1.29, 1.82) is 0 Å². The third kappa shape index (κ3) is 1.73. The second-order valence-electron chi connectivity index (χ2n) is 5.31. The molecule has 2 aliphatic rings. The van der Waals surface area contributed by atoms with Gasteiger partial charge in [-0.2, -0.15) is 0 Å². The third-order valence-corrected chi connectivity index (χ3v) is 4.58. The van der Waals surface area contributed by atoms with E-state index in [1.807, 2.05) is 18.3 Å². The van der Waals surface area contributed by atoms with Gasteiger partial charge in [0.2, 0.25) is 0 Å². The average Bonchev–Trinajstić information content (AvgIpc) is 2.87. The number of ether oxygens (including phenoxy) is 1. The summed E-state index contributed by atoms with van der Waals surface area (Å²) < 4.78 is 6.12. The van der Waals surface area contributed by atoms with Crippen LogP contribution >= 0.6 is 0 Å². The standard InChI is InChI=1S/C14H20N2O/c1-15-12-9-13(14(12)6-2-3-7-14)17-11-5-4-8-16-10-11/h4-5,8,10,12-13,15H,2-3,6-7,9H2,1H3. The monoisotopic (exact) mass is 232 g/mol. The molecule has 0 saturated heterocycles. The highest BCUT2D eigenvalue weighted by atomic mass is 16.5. The van der Waals surface area contributed by atoms with Gasteiger partial charge in [0.15, 0.2) is 0 Å². The quantitative estimate of drug-likeness (QED) is 0.869. The molecule has 1 heterocycles. The number of aromatic nitrogens is 1. The molecule has 2 saturated carbocycles. The van der Waals surface area contributed by atoms with Gasteiger partial charge in [-0.15, -0.1) is 0 Å². The van der Waals surface area contributed by atoms with Crippen molar-refractivity contribution >= 4 is 0 Å². The van der Waals surface area contributed by atoms with Crippen LogP contribution in [0.1, 0.15) is 32.1 Å². The highest BCUT2D eigenvalue weighted by molar-refractivity contribution is 5.19. The highest BCUT2D eigenvalue weighted by Gasteiger charge is 2.56. The summed E-state index contributed by atoms with van der Waals surface area (Å²) >= 11 is 0. The molecule has 1 aromatic heterocycles. The Morgan fingerprint density at radius 3 is 2.88 bits per heavy atom. The number of nitrogens with zero attached hydrogens (tertiary/aromatic N) is 1. The number of hydrogen-bond donors (Lipinski definition) is 1. The van der Waals surface area contributed by atoms with Crippen molar-refractivity contribution in [2.75, 3.05) is 7.05 Å². The zero-order valence-corrected chi connectivity index (χ0v) is 10.4. The van der Waals surface area contributed by atoms with Gasteiger partial charge in [0, 0.05) is 24.1 Å². The minimum absolute atomic E-state index is 0.381. The molecule has 2 atom stereocenters. The third-order valence-electron chi connectivity index (χ3n) is 4.58. The van der Waals surface area contributed by atoms with E-state index in [1.165, 1.54) is 25.7 Å². The van der Waals surface area contributed by atoms with Crippen LogP contribution in [0.15, 0.2) is 24.5 Å². The van der Waals surface area contributed by atoms with E-state index < -0.39 is 0 Å².